The van der Waals surface area contributed by atoms with Gasteiger partial charge in [0.1, 0.15) is 5.82 Å². The number of pyridine rings is 1. The number of carbonyl (C=O) groups is 1. The number of sulfonamides is 1. The number of anilines is 1. The van der Waals surface area contributed by atoms with Crippen LogP contribution in [-0.2, 0) is 27.9 Å². The van der Waals surface area contributed by atoms with E-state index < -0.39 is 10.0 Å². The van der Waals surface area contributed by atoms with Crippen molar-refractivity contribution in [2.24, 2.45) is 10.1 Å². The summed E-state index contributed by atoms with van der Waals surface area (Å²) >= 11 is 0. The van der Waals surface area contributed by atoms with Crippen LogP contribution >= 0.6 is 0 Å². The second-order valence-electron chi connectivity index (χ2n) is 7.23. The molecule has 2 aromatic rings. The minimum atomic E-state index is -3.74. The Labute approximate surface area is 183 Å². The van der Waals surface area contributed by atoms with E-state index in [-0.39, 0.29) is 23.9 Å². The first-order valence-electron chi connectivity index (χ1n) is 9.53. The monoisotopic (exact) mass is 447 g/mol. The normalized spacial score (nSPS) is 11.7. The predicted molar refractivity (Wildman–Crippen MR) is 121 cm³/mol. The van der Waals surface area contributed by atoms with Gasteiger partial charge in [0, 0.05) is 28.2 Å². The van der Waals surface area contributed by atoms with Crippen LogP contribution in [0.2, 0.25) is 0 Å². The average Bonchev–Trinajstić information content (AvgIpc) is 2.72. The third kappa shape index (κ3) is 7.87. The fourth-order valence-corrected chi connectivity index (χ4v) is 2.95. The highest BCUT2D eigenvalue weighted by atomic mass is 32.2. The standard InChI is InChI=1S/C20H29N7O3S/c1-26(2)18-7-5-6-16(25-18)13-23-20(24-14-19(28)27(3)4)22-12-15-8-10-17(11-9-15)31(21,29)30/h5-11H,12-14H2,1-4H3,(H2,21,29,30)(H2,22,23,24). The van der Waals surface area contributed by atoms with Crippen molar-refractivity contribution in [2.45, 2.75) is 18.0 Å². The van der Waals surface area contributed by atoms with Gasteiger partial charge in [-0.2, -0.15) is 0 Å². The number of aromatic nitrogens is 1. The van der Waals surface area contributed by atoms with Gasteiger partial charge >= 0.3 is 0 Å². The number of nitrogens with zero attached hydrogens (tertiary/aromatic N) is 4. The van der Waals surface area contributed by atoms with Crippen LogP contribution in [0.15, 0.2) is 52.4 Å². The first kappa shape index (κ1) is 24.1. The lowest BCUT2D eigenvalue weighted by molar-refractivity contribution is -0.127. The summed E-state index contributed by atoms with van der Waals surface area (Å²) in [6.45, 7) is 0.768. The second-order valence-corrected chi connectivity index (χ2v) is 8.79. The number of rotatable bonds is 8. The van der Waals surface area contributed by atoms with E-state index in [4.69, 9.17) is 5.14 Å². The molecular weight excluding hydrogens is 418 g/mol. The van der Waals surface area contributed by atoms with Crippen molar-refractivity contribution in [2.75, 3.05) is 39.6 Å². The molecule has 1 aromatic carbocycles. The Morgan fingerprint density at radius 3 is 2.32 bits per heavy atom. The highest BCUT2D eigenvalue weighted by molar-refractivity contribution is 7.89. The maximum atomic E-state index is 11.9. The fraction of sp³-hybridized carbons (Fsp3) is 0.350. The Morgan fingerprint density at radius 1 is 1.06 bits per heavy atom. The number of amides is 1. The number of nitrogens with two attached hydrogens (primary N) is 1. The first-order valence-corrected chi connectivity index (χ1v) is 11.1. The molecule has 0 saturated carbocycles. The van der Waals surface area contributed by atoms with Gasteiger partial charge in [-0.1, -0.05) is 18.2 Å². The molecule has 168 valence electrons. The SMILES string of the molecule is CN(C)C(=O)CNC(=NCc1ccc(S(N)(=O)=O)cc1)NCc1cccc(N(C)C)n1. The highest BCUT2D eigenvalue weighted by Crippen LogP contribution is 2.10. The maximum absolute atomic E-state index is 11.9. The highest BCUT2D eigenvalue weighted by Gasteiger charge is 2.09. The van der Waals surface area contributed by atoms with Crippen LogP contribution in [0.1, 0.15) is 11.3 Å². The molecule has 2 rings (SSSR count). The van der Waals surface area contributed by atoms with Gasteiger partial charge in [-0.05, 0) is 29.8 Å². The summed E-state index contributed by atoms with van der Waals surface area (Å²) in [4.78, 5) is 24.4. The lowest BCUT2D eigenvalue weighted by atomic mass is 10.2. The fourth-order valence-electron chi connectivity index (χ4n) is 2.44. The molecule has 4 N–H and O–H groups in total. The molecule has 0 spiro atoms. The van der Waals surface area contributed by atoms with Gasteiger partial charge in [0.15, 0.2) is 5.96 Å². The number of aliphatic imine (C=N–C) groups is 1. The molecule has 0 aliphatic rings. The van der Waals surface area contributed by atoms with Crippen LogP contribution in [0.25, 0.3) is 0 Å². The molecule has 0 saturated heterocycles. The molecule has 11 heteroatoms. The molecule has 0 atom stereocenters. The number of carbonyl (C=O) groups excluding carboxylic acids is 1. The van der Waals surface area contributed by atoms with Crippen molar-refractivity contribution in [3.63, 3.8) is 0 Å². The topological polar surface area (TPSA) is 133 Å². The van der Waals surface area contributed by atoms with Crippen molar-refractivity contribution >= 4 is 27.7 Å². The quantitative estimate of drug-likeness (QED) is 0.387. The lowest BCUT2D eigenvalue weighted by Crippen LogP contribution is -2.42. The molecule has 0 radical (unpaired) electrons. The first-order chi connectivity index (χ1) is 14.6. The number of hydrogen-bond acceptors (Lipinski definition) is 6. The second kappa shape index (κ2) is 10.7. The number of nitrogens with one attached hydrogen (secondary N) is 2. The minimum Gasteiger partial charge on any atom is -0.363 e. The largest absolute Gasteiger partial charge is 0.363 e. The molecule has 0 fully saturated rings. The van der Waals surface area contributed by atoms with Gasteiger partial charge in [-0.25, -0.2) is 23.5 Å². The van der Waals surface area contributed by atoms with Crippen LogP contribution in [0.4, 0.5) is 5.82 Å². The zero-order valence-corrected chi connectivity index (χ0v) is 19.0. The van der Waals surface area contributed by atoms with Gasteiger partial charge in [-0.3, -0.25) is 4.79 Å². The Balaban J connectivity index is 2.11. The lowest BCUT2D eigenvalue weighted by Gasteiger charge is -2.16. The summed E-state index contributed by atoms with van der Waals surface area (Å²) in [6, 6.07) is 11.9. The third-order valence-electron chi connectivity index (χ3n) is 4.26. The van der Waals surface area contributed by atoms with Crippen molar-refractivity contribution < 1.29 is 13.2 Å². The molecule has 10 nitrogen and oxygen atoms in total. The van der Waals surface area contributed by atoms with Gasteiger partial charge in [0.25, 0.3) is 0 Å². The van der Waals surface area contributed by atoms with Gasteiger partial charge in [0.2, 0.25) is 15.9 Å². The van der Waals surface area contributed by atoms with Crippen molar-refractivity contribution in [1.29, 1.82) is 0 Å². The van der Waals surface area contributed by atoms with Crippen LogP contribution in [0.5, 0.6) is 0 Å². The van der Waals surface area contributed by atoms with E-state index in [9.17, 15) is 13.2 Å². The van der Waals surface area contributed by atoms with Gasteiger partial charge in [0.05, 0.1) is 30.2 Å². The van der Waals surface area contributed by atoms with E-state index in [2.05, 4.69) is 20.6 Å². The number of likely N-dealkylation sites (N-methyl/N-ethyl adjacent to an activating group) is 1. The molecule has 0 aliphatic carbocycles. The molecular formula is C20H29N7O3S. The zero-order chi connectivity index (χ0) is 23.0. The molecule has 1 heterocycles. The Kier molecular flexibility index (Phi) is 8.34. The van der Waals surface area contributed by atoms with Crippen molar-refractivity contribution in [3.05, 3.63) is 53.7 Å². The van der Waals surface area contributed by atoms with E-state index in [0.717, 1.165) is 17.1 Å². The van der Waals surface area contributed by atoms with Crippen LogP contribution < -0.4 is 20.7 Å². The number of guanidine groups is 1. The zero-order valence-electron chi connectivity index (χ0n) is 18.2. The average molecular weight is 448 g/mol. The van der Waals surface area contributed by atoms with Gasteiger partial charge in [-0.15, -0.1) is 0 Å². The van der Waals surface area contributed by atoms with Crippen molar-refractivity contribution in [3.8, 4) is 0 Å². The number of hydrogen-bond donors (Lipinski definition) is 3. The van der Waals surface area contributed by atoms with Crippen LogP contribution in [0.3, 0.4) is 0 Å². The van der Waals surface area contributed by atoms with Crippen molar-refractivity contribution in [1.82, 2.24) is 20.5 Å². The van der Waals surface area contributed by atoms with E-state index >= 15 is 0 Å². The summed E-state index contributed by atoms with van der Waals surface area (Å²) in [5.74, 6) is 1.17. The van der Waals surface area contributed by atoms with Gasteiger partial charge < -0.3 is 20.4 Å². The summed E-state index contributed by atoms with van der Waals surface area (Å²) in [5.41, 5.74) is 1.61. The Hall–Kier alpha value is -3.18. The Morgan fingerprint density at radius 2 is 1.74 bits per heavy atom. The predicted octanol–water partition coefficient (Wildman–Crippen LogP) is 0.119. The summed E-state index contributed by atoms with van der Waals surface area (Å²) in [5, 5.41) is 11.3. The minimum absolute atomic E-state index is 0.0418. The van der Waals surface area contributed by atoms with E-state index in [1.165, 1.54) is 17.0 Å². The molecule has 1 aromatic heterocycles. The maximum Gasteiger partial charge on any atom is 0.241 e. The molecule has 31 heavy (non-hydrogen) atoms. The molecule has 0 unspecified atom stereocenters. The number of primary sulfonamides is 1. The summed E-state index contributed by atoms with van der Waals surface area (Å²) in [6.07, 6.45) is 0. The Bertz CT molecular complexity index is 1020. The van der Waals surface area contributed by atoms with Crippen LogP contribution in [-0.4, -0.2) is 64.9 Å². The molecule has 1 amide bonds. The van der Waals surface area contributed by atoms with E-state index in [0.29, 0.717) is 12.5 Å². The molecule has 0 bridgehead atoms. The molecule has 0 aliphatic heterocycles. The third-order valence-corrected chi connectivity index (χ3v) is 5.19. The van der Waals surface area contributed by atoms with Crippen LogP contribution in [0, 0.1) is 0 Å². The van der Waals surface area contributed by atoms with E-state index in [1.54, 1.807) is 26.2 Å². The summed E-state index contributed by atoms with van der Waals surface area (Å²) in [7, 11) is 3.46. The summed E-state index contributed by atoms with van der Waals surface area (Å²) < 4.78 is 22.8. The smallest absolute Gasteiger partial charge is 0.241 e. The van der Waals surface area contributed by atoms with E-state index in [1.807, 2.05) is 37.2 Å². The number of benzene rings is 1.